The van der Waals surface area contributed by atoms with E-state index >= 15 is 0 Å². The Bertz CT molecular complexity index is 919. The second kappa shape index (κ2) is 7.38. The number of aromatic nitrogens is 1. The van der Waals surface area contributed by atoms with Crippen molar-refractivity contribution < 1.29 is 9.53 Å². The van der Waals surface area contributed by atoms with Crippen molar-refractivity contribution in [3.8, 4) is 0 Å². The molecule has 2 aromatic rings. The predicted molar refractivity (Wildman–Crippen MR) is 112 cm³/mol. The molecule has 1 aromatic heterocycles. The number of hydrogen-bond acceptors (Lipinski definition) is 4. The van der Waals surface area contributed by atoms with Gasteiger partial charge in [-0.05, 0) is 49.6 Å². The van der Waals surface area contributed by atoms with Crippen LogP contribution in [0.1, 0.15) is 34.5 Å². The van der Waals surface area contributed by atoms with Crippen molar-refractivity contribution in [3.63, 3.8) is 0 Å². The monoisotopic (exact) mass is 411 g/mol. The van der Waals surface area contributed by atoms with Crippen molar-refractivity contribution in [2.24, 2.45) is 11.8 Å². The number of benzene rings is 1. The molecule has 0 aliphatic carbocycles. The molecule has 6 heteroatoms. The average molecular weight is 412 g/mol. The van der Waals surface area contributed by atoms with E-state index in [1.165, 1.54) is 5.56 Å². The van der Waals surface area contributed by atoms with E-state index in [1.807, 2.05) is 31.2 Å². The molecule has 5 nitrogen and oxygen atoms in total. The van der Waals surface area contributed by atoms with Gasteiger partial charge in [-0.3, -0.25) is 14.7 Å². The summed E-state index contributed by atoms with van der Waals surface area (Å²) in [6.45, 7) is 5.45. The predicted octanol–water partition coefficient (Wildman–Crippen LogP) is 3.45. The van der Waals surface area contributed by atoms with Crippen molar-refractivity contribution >= 4 is 17.5 Å². The van der Waals surface area contributed by atoms with Crippen LogP contribution in [0.4, 0.5) is 0 Å². The highest BCUT2D eigenvalue weighted by Crippen LogP contribution is 2.54. The number of carbonyl (C=O) groups is 1. The van der Waals surface area contributed by atoms with Gasteiger partial charge in [-0.2, -0.15) is 0 Å². The number of likely N-dealkylation sites (tertiary alicyclic amines) is 1. The molecule has 5 rings (SSSR count). The van der Waals surface area contributed by atoms with Crippen LogP contribution in [-0.4, -0.2) is 47.1 Å². The minimum atomic E-state index is -0.0385. The molecule has 3 aliphatic rings. The summed E-state index contributed by atoms with van der Waals surface area (Å²) >= 11 is 6.02. The first-order valence-corrected chi connectivity index (χ1v) is 10.8. The van der Waals surface area contributed by atoms with Gasteiger partial charge in [0.05, 0.1) is 17.3 Å². The van der Waals surface area contributed by atoms with E-state index in [0.717, 1.165) is 43.2 Å². The molecule has 1 aromatic carbocycles. The molecule has 2 bridgehead atoms. The number of nitrogens with zero attached hydrogens (tertiary/aromatic N) is 2. The summed E-state index contributed by atoms with van der Waals surface area (Å²) in [5.74, 6) is 0.812. The van der Waals surface area contributed by atoms with Crippen LogP contribution >= 0.6 is 11.6 Å². The highest BCUT2D eigenvalue weighted by Gasteiger charge is 2.62. The second-order valence-corrected chi connectivity index (χ2v) is 9.11. The third-order valence-corrected chi connectivity index (χ3v) is 7.18. The van der Waals surface area contributed by atoms with Crippen LogP contribution in [0, 0.1) is 18.8 Å². The van der Waals surface area contributed by atoms with Crippen LogP contribution in [0.25, 0.3) is 0 Å². The maximum absolute atomic E-state index is 12.6. The fourth-order valence-electron chi connectivity index (χ4n) is 5.56. The lowest BCUT2D eigenvalue weighted by atomic mass is 9.73. The van der Waals surface area contributed by atoms with Crippen LogP contribution in [0.3, 0.4) is 0 Å². The molecule has 3 aliphatic heterocycles. The van der Waals surface area contributed by atoms with Crippen molar-refractivity contribution in [1.82, 2.24) is 15.2 Å². The molecule has 3 saturated heterocycles. The first-order valence-electron chi connectivity index (χ1n) is 10.4. The molecule has 0 radical (unpaired) electrons. The number of hydrogen-bond donors (Lipinski definition) is 1. The minimum absolute atomic E-state index is 0.0310. The van der Waals surface area contributed by atoms with E-state index in [-0.39, 0.29) is 17.6 Å². The topological polar surface area (TPSA) is 54.5 Å². The highest BCUT2D eigenvalue weighted by atomic mass is 35.5. The smallest absolute Gasteiger partial charge is 0.253 e. The molecule has 1 spiro atoms. The molecule has 0 saturated carbocycles. The summed E-state index contributed by atoms with van der Waals surface area (Å²) in [4.78, 5) is 19.4. The van der Waals surface area contributed by atoms with Gasteiger partial charge in [0.15, 0.2) is 0 Å². The number of aryl methyl sites for hydroxylation is 1. The standard InChI is InChI=1S/C23H26ClN3O2/c1-15-18(3-2-10-25-15)22(28)26-11-19-20-13-27(12-16-4-6-17(24)7-5-16)14-23(20)9-8-21(19)29-23/h2-7,10,19-21H,8-9,11-14H2,1H3,(H,26,28)/t19-,20+,21+,23+/m0/s1. The highest BCUT2D eigenvalue weighted by molar-refractivity contribution is 6.30. The fraction of sp³-hybridized carbons (Fsp3) is 0.478. The van der Waals surface area contributed by atoms with Crippen molar-refractivity contribution in [1.29, 1.82) is 0 Å². The largest absolute Gasteiger partial charge is 0.370 e. The number of nitrogens with one attached hydrogen (secondary N) is 1. The number of halogens is 1. The summed E-state index contributed by atoms with van der Waals surface area (Å²) < 4.78 is 6.52. The third-order valence-electron chi connectivity index (χ3n) is 6.92. The van der Waals surface area contributed by atoms with Crippen molar-refractivity contribution in [3.05, 3.63) is 64.4 Å². The molecule has 3 fully saturated rings. The zero-order chi connectivity index (χ0) is 20.0. The minimum Gasteiger partial charge on any atom is -0.370 e. The number of carbonyl (C=O) groups excluding carboxylic acids is 1. The summed E-state index contributed by atoms with van der Waals surface area (Å²) in [6.07, 6.45) is 4.21. The van der Waals surface area contributed by atoms with Crippen LogP contribution in [0.2, 0.25) is 5.02 Å². The Balaban J connectivity index is 1.25. The van der Waals surface area contributed by atoms with Gasteiger partial charge >= 0.3 is 0 Å². The Morgan fingerprint density at radius 1 is 1.34 bits per heavy atom. The summed E-state index contributed by atoms with van der Waals surface area (Å²) in [5, 5.41) is 3.93. The molecule has 0 unspecified atom stereocenters. The molecule has 4 heterocycles. The van der Waals surface area contributed by atoms with Gasteiger partial charge in [0, 0.05) is 54.9 Å². The Kier molecular flexibility index (Phi) is 4.85. The van der Waals surface area contributed by atoms with Crippen molar-refractivity contribution in [2.45, 2.75) is 38.0 Å². The molecule has 4 atom stereocenters. The van der Waals surface area contributed by atoms with E-state index < -0.39 is 0 Å². The number of pyridine rings is 1. The molecule has 29 heavy (non-hydrogen) atoms. The van der Waals surface area contributed by atoms with E-state index in [9.17, 15) is 4.79 Å². The summed E-state index contributed by atoms with van der Waals surface area (Å²) in [7, 11) is 0. The third kappa shape index (κ3) is 3.45. The normalized spacial score (nSPS) is 30.5. The molecule has 1 amide bonds. The molecular weight excluding hydrogens is 386 g/mol. The first kappa shape index (κ1) is 19.0. The average Bonchev–Trinajstić information content (AvgIpc) is 3.36. The lowest BCUT2D eigenvalue weighted by Gasteiger charge is -2.29. The Morgan fingerprint density at radius 2 is 2.17 bits per heavy atom. The zero-order valence-electron chi connectivity index (χ0n) is 16.6. The van der Waals surface area contributed by atoms with E-state index in [0.29, 0.717) is 23.9 Å². The molecule has 152 valence electrons. The maximum atomic E-state index is 12.6. The van der Waals surface area contributed by atoms with Gasteiger partial charge in [0.25, 0.3) is 5.91 Å². The van der Waals surface area contributed by atoms with Crippen LogP contribution in [0.5, 0.6) is 0 Å². The summed E-state index contributed by atoms with van der Waals surface area (Å²) in [5.41, 5.74) is 2.66. The Morgan fingerprint density at radius 3 is 2.97 bits per heavy atom. The number of rotatable bonds is 5. The van der Waals surface area contributed by atoms with Gasteiger partial charge in [0.1, 0.15) is 0 Å². The van der Waals surface area contributed by atoms with Gasteiger partial charge in [-0.25, -0.2) is 0 Å². The van der Waals surface area contributed by atoms with Crippen LogP contribution < -0.4 is 5.32 Å². The number of fused-ring (bicyclic) bond motifs is 1. The first-order chi connectivity index (χ1) is 14.0. The Labute approximate surface area is 176 Å². The number of amides is 1. The zero-order valence-corrected chi connectivity index (χ0v) is 17.4. The summed E-state index contributed by atoms with van der Waals surface area (Å²) in [6, 6.07) is 11.7. The van der Waals surface area contributed by atoms with Gasteiger partial charge < -0.3 is 10.1 Å². The van der Waals surface area contributed by atoms with E-state index in [4.69, 9.17) is 16.3 Å². The maximum Gasteiger partial charge on any atom is 0.253 e. The quantitative estimate of drug-likeness (QED) is 0.818. The van der Waals surface area contributed by atoms with Gasteiger partial charge in [-0.1, -0.05) is 23.7 Å². The van der Waals surface area contributed by atoms with Gasteiger partial charge in [-0.15, -0.1) is 0 Å². The SMILES string of the molecule is Cc1ncccc1C(=O)NC[C@H]1[C@H]2CN(Cc3ccc(Cl)cc3)C[C@]23CC[C@H]1O3. The van der Waals surface area contributed by atoms with E-state index in [2.05, 4.69) is 27.3 Å². The lowest BCUT2D eigenvalue weighted by molar-refractivity contribution is 0.00212. The van der Waals surface area contributed by atoms with E-state index in [1.54, 1.807) is 6.20 Å². The Hall–Kier alpha value is -1.95. The van der Waals surface area contributed by atoms with Gasteiger partial charge in [0.2, 0.25) is 0 Å². The lowest BCUT2D eigenvalue weighted by Crippen LogP contribution is -2.42. The molecular formula is C23H26ClN3O2. The van der Waals surface area contributed by atoms with Crippen molar-refractivity contribution in [2.75, 3.05) is 19.6 Å². The number of ether oxygens (including phenoxy) is 1. The molecule has 1 N–H and O–H groups in total. The van der Waals surface area contributed by atoms with Crippen LogP contribution in [-0.2, 0) is 11.3 Å². The van der Waals surface area contributed by atoms with Crippen LogP contribution in [0.15, 0.2) is 42.6 Å². The fourth-order valence-corrected chi connectivity index (χ4v) is 5.68. The second-order valence-electron chi connectivity index (χ2n) is 8.67.